The molecule has 1 aromatic carbocycles. The van der Waals surface area contributed by atoms with E-state index in [2.05, 4.69) is 25.8 Å². The first-order chi connectivity index (χ1) is 13.4. The van der Waals surface area contributed by atoms with Crippen molar-refractivity contribution in [2.75, 3.05) is 46.1 Å². The molecule has 2 aliphatic rings. The van der Waals surface area contributed by atoms with Crippen molar-refractivity contribution in [2.45, 2.75) is 31.7 Å². The summed E-state index contributed by atoms with van der Waals surface area (Å²) in [4.78, 5) is 32.3. The lowest BCUT2D eigenvalue weighted by Crippen LogP contribution is -2.55. The zero-order valence-corrected chi connectivity index (χ0v) is 18.1. The van der Waals surface area contributed by atoms with Crippen LogP contribution in [0.4, 0.5) is 0 Å². The van der Waals surface area contributed by atoms with Crippen molar-refractivity contribution in [2.24, 2.45) is 5.92 Å². The fraction of sp³-hybridized carbons (Fsp3) is 0.619. The first-order valence-electron chi connectivity index (χ1n) is 9.94. The van der Waals surface area contributed by atoms with Crippen molar-refractivity contribution in [1.29, 1.82) is 0 Å². The molecule has 28 heavy (non-hydrogen) atoms. The molecule has 0 aromatic heterocycles. The van der Waals surface area contributed by atoms with Crippen LogP contribution in [0.1, 0.15) is 31.2 Å². The predicted octanol–water partition coefficient (Wildman–Crippen LogP) is 2.46. The van der Waals surface area contributed by atoms with Crippen LogP contribution in [-0.4, -0.2) is 78.6 Å². The van der Waals surface area contributed by atoms with Crippen LogP contribution in [0, 0.1) is 5.92 Å². The lowest BCUT2D eigenvalue weighted by atomic mass is 9.99. The molecule has 0 spiro atoms. The molecule has 2 atom stereocenters. The molecular formula is C21H31N3O3S. The number of benzene rings is 1. The average Bonchev–Trinajstić information content (AvgIpc) is 3.07. The molecule has 2 amide bonds. The van der Waals surface area contributed by atoms with Crippen molar-refractivity contribution in [1.82, 2.24) is 14.7 Å². The van der Waals surface area contributed by atoms with Gasteiger partial charge in [0, 0.05) is 26.2 Å². The highest BCUT2D eigenvalue weighted by Gasteiger charge is 2.42. The molecule has 154 valence electrons. The highest BCUT2D eigenvalue weighted by atomic mass is 32.2. The lowest BCUT2D eigenvalue weighted by molar-refractivity contribution is -0.146. The van der Waals surface area contributed by atoms with Crippen molar-refractivity contribution < 1.29 is 14.3 Å². The van der Waals surface area contributed by atoms with Crippen LogP contribution in [-0.2, 0) is 9.59 Å². The van der Waals surface area contributed by atoms with Gasteiger partial charge < -0.3 is 19.4 Å². The second kappa shape index (κ2) is 9.18. The van der Waals surface area contributed by atoms with Crippen LogP contribution in [0.2, 0.25) is 0 Å². The summed E-state index contributed by atoms with van der Waals surface area (Å²) in [6, 6.07) is 7.41. The summed E-state index contributed by atoms with van der Waals surface area (Å²) in [5, 5.41) is -0.126. The minimum Gasteiger partial charge on any atom is -0.497 e. The molecule has 1 aromatic rings. The Labute approximate surface area is 172 Å². The quantitative estimate of drug-likeness (QED) is 0.728. The Hall–Kier alpha value is -1.73. The van der Waals surface area contributed by atoms with Gasteiger partial charge in [-0.25, -0.2) is 0 Å². The van der Waals surface area contributed by atoms with Crippen molar-refractivity contribution in [3.8, 4) is 5.75 Å². The topological polar surface area (TPSA) is 53.1 Å². The standard InChI is InChI=1S/C21H31N3O3S/c1-15(2)13-18(20(26)23-11-9-22(3)10-12-23)24-19(25)14-28-21(24)16-5-7-17(27-4)8-6-16/h5-8,15,18,21H,9-14H2,1-4H3. The molecule has 0 bridgehead atoms. The monoisotopic (exact) mass is 405 g/mol. The number of piperazine rings is 1. The minimum absolute atomic E-state index is 0.0546. The van der Waals surface area contributed by atoms with Gasteiger partial charge in [-0.1, -0.05) is 26.0 Å². The summed E-state index contributed by atoms with van der Waals surface area (Å²) in [5.74, 6) is 1.68. The van der Waals surface area contributed by atoms with Crippen LogP contribution in [0.3, 0.4) is 0 Å². The number of thioether (sulfide) groups is 1. The molecule has 0 radical (unpaired) electrons. The fourth-order valence-corrected chi connectivity index (χ4v) is 5.04. The van der Waals surface area contributed by atoms with Gasteiger partial charge in [-0.2, -0.15) is 0 Å². The van der Waals surface area contributed by atoms with E-state index in [-0.39, 0.29) is 17.2 Å². The molecule has 7 heteroatoms. The van der Waals surface area contributed by atoms with E-state index in [1.54, 1.807) is 18.9 Å². The van der Waals surface area contributed by atoms with Crippen LogP contribution in [0.25, 0.3) is 0 Å². The van der Waals surface area contributed by atoms with Gasteiger partial charge >= 0.3 is 0 Å². The van der Waals surface area contributed by atoms with E-state index in [4.69, 9.17) is 4.74 Å². The van der Waals surface area contributed by atoms with Gasteiger partial charge in [0.25, 0.3) is 0 Å². The van der Waals surface area contributed by atoms with Gasteiger partial charge in [0.2, 0.25) is 11.8 Å². The predicted molar refractivity (Wildman–Crippen MR) is 112 cm³/mol. The van der Waals surface area contributed by atoms with Crippen LogP contribution >= 0.6 is 11.8 Å². The Kier molecular flexibility index (Phi) is 6.88. The maximum absolute atomic E-state index is 13.4. The maximum Gasteiger partial charge on any atom is 0.245 e. The maximum atomic E-state index is 13.4. The Morgan fingerprint density at radius 1 is 1.18 bits per heavy atom. The Morgan fingerprint density at radius 2 is 1.82 bits per heavy atom. The fourth-order valence-electron chi connectivity index (χ4n) is 3.82. The number of ether oxygens (including phenoxy) is 1. The van der Waals surface area contributed by atoms with Gasteiger partial charge in [0.05, 0.1) is 12.9 Å². The van der Waals surface area contributed by atoms with E-state index in [0.29, 0.717) is 18.1 Å². The zero-order valence-electron chi connectivity index (χ0n) is 17.3. The summed E-state index contributed by atoms with van der Waals surface area (Å²) < 4.78 is 5.25. The Morgan fingerprint density at radius 3 is 2.39 bits per heavy atom. The molecule has 0 aliphatic carbocycles. The summed E-state index contributed by atoms with van der Waals surface area (Å²) in [6.45, 7) is 7.44. The number of rotatable bonds is 6. The van der Waals surface area contributed by atoms with E-state index < -0.39 is 6.04 Å². The van der Waals surface area contributed by atoms with Crippen molar-refractivity contribution >= 4 is 23.6 Å². The minimum atomic E-state index is -0.405. The highest BCUT2D eigenvalue weighted by molar-refractivity contribution is 8.00. The number of hydrogen-bond donors (Lipinski definition) is 0. The number of carbonyl (C=O) groups excluding carboxylic acids is 2. The molecule has 2 aliphatic heterocycles. The molecule has 2 heterocycles. The lowest BCUT2D eigenvalue weighted by Gasteiger charge is -2.39. The third kappa shape index (κ3) is 4.63. The summed E-state index contributed by atoms with van der Waals surface area (Å²) in [6.07, 6.45) is 0.685. The van der Waals surface area contributed by atoms with Crippen molar-refractivity contribution in [3.05, 3.63) is 29.8 Å². The second-order valence-electron chi connectivity index (χ2n) is 8.01. The zero-order chi connectivity index (χ0) is 20.3. The smallest absolute Gasteiger partial charge is 0.245 e. The summed E-state index contributed by atoms with van der Waals surface area (Å²) >= 11 is 1.60. The van der Waals surface area contributed by atoms with Gasteiger partial charge in [-0.15, -0.1) is 11.8 Å². The van der Waals surface area contributed by atoms with Gasteiger partial charge in [0.1, 0.15) is 17.2 Å². The molecule has 0 N–H and O–H groups in total. The average molecular weight is 406 g/mol. The molecular weight excluding hydrogens is 374 g/mol. The molecule has 0 saturated carbocycles. The van der Waals surface area contributed by atoms with Crippen LogP contribution in [0.15, 0.2) is 24.3 Å². The molecule has 2 unspecified atom stereocenters. The summed E-state index contributed by atoms with van der Waals surface area (Å²) in [5.41, 5.74) is 1.04. The molecule has 2 saturated heterocycles. The van der Waals surface area contributed by atoms with E-state index in [9.17, 15) is 9.59 Å². The van der Waals surface area contributed by atoms with Gasteiger partial charge in [0.15, 0.2) is 0 Å². The number of likely N-dealkylation sites (N-methyl/N-ethyl adjacent to an activating group) is 1. The number of nitrogens with zero attached hydrogens (tertiary/aromatic N) is 3. The number of carbonyl (C=O) groups is 2. The van der Waals surface area contributed by atoms with E-state index in [1.807, 2.05) is 34.1 Å². The Balaban J connectivity index is 1.85. The van der Waals surface area contributed by atoms with Crippen LogP contribution < -0.4 is 4.74 Å². The van der Waals surface area contributed by atoms with E-state index in [1.165, 1.54) is 0 Å². The number of hydrogen-bond acceptors (Lipinski definition) is 5. The first-order valence-corrected chi connectivity index (χ1v) is 11.0. The Bertz CT molecular complexity index is 687. The van der Waals surface area contributed by atoms with Crippen LogP contribution in [0.5, 0.6) is 5.75 Å². The summed E-state index contributed by atoms with van der Waals surface area (Å²) in [7, 11) is 3.72. The number of amides is 2. The third-order valence-electron chi connectivity index (χ3n) is 5.44. The second-order valence-corrected chi connectivity index (χ2v) is 9.08. The number of methoxy groups -OCH3 is 1. The molecule has 3 rings (SSSR count). The largest absolute Gasteiger partial charge is 0.497 e. The highest BCUT2D eigenvalue weighted by Crippen LogP contribution is 2.41. The normalized spacial score (nSPS) is 22.0. The SMILES string of the molecule is COc1ccc(C2SCC(=O)N2C(CC(C)C)C(=O)N2CCN(C)CC2)cc1. The van der Waals surface area contributed by atoms with E-state index in [0.717, 1.165) is 37.5 Å². The van der Waals surface area contributed by atoms with Crippen molar-refractivity contribution in [3.63, 3.8) is 0 Å². The third-order valence-corrected chi connectivity index (χ3v) is 6.67. The van der Waals surface area contributed by atoms with Gasteiger partial charge in [-0.3, -0.25) is 9.59 Å². The van der Waals surface area contributed by atoms with Gasteiger partial charge in [-0.05, 0) is 37.1 Å². The molecule has 2 fully saturated rings. The van der Waals surface area contributed by atoms with E-state index >= 15 is 0 Å². The first kappa shape index (κ1) is 21.0. The molecule has 6 nitrogen and oxygen atoms in total.